The number of benzene rings is 9. The molecule has 0 saturated carbocycles. The fourth-order valence-electron chi connectivity index (χ4n) is 10.9. The second-order valence-corrected chi connectivity index (χ2v) is 18.6. The molecule has 0 fully saturated rings. The number of rotatable bonds is 3. The topological polar surface area (TPSA) is 38.7 Å². The van der Waals surface area contributed by atoms with E-state index in [0.29, 0.717) is 16.7 Å². The summed E-state index contributed by atoms with van der Waals surface area (Å²) in [6, 6.07) is 70.5. The lowest BCUT2D eigenvalue weighted by Crippen LogP contribution is -1.99. The molecular weight excluding hydrogens is 843 g/mol. The number of nitrogens with zero attached hydrogens (tertiary/aromatic N) is 3. The van der Waals surface area contributed by atoms with E-state index in [9.17, 15) is 4.11 Å². The molecule has 9 aromatic carbocycles. The summed E-state index contributed by atoms with van der Waals surface area (Å²) in [5, 5.41) is 1.10. The van der Waals surface area contributed by atoms with Crippen LogP contribution in [-0.4, -0.2) is 15.0 Å². The first-order chi connectivity index (χ1) is 34.9. The van der Waals surface area contributed by atoms with Crippen LogP contribution in [-0.2, 0) is 0 Å². The molecule has 316 valence electrons. The van der Waals surface area contributed by atoms with Crippen molar-refractivity contribution in [1.29, 1.82) is 0 Å². The SMILES string of the molecule is [2H]C([2H])([2H])c1c(-c2ccc3c(c2)-c2ccccc2-c2ccccc2-c2cc(-c4cccc5c4sc4nccnc45)ccc2-3)cccc1-c1ccc2c(c1)-c1ccccc1-c1ccccc1-c1ncccc1-2. The molecule has 0 amide bonds. The van der Waals surface area contributed by atoms with E-state index in [1.807, 2.05) is 30.5 Å². The van der Waals surface area contributed by atoms with Gasteiger partial charge in [0.25, 0.3) is 0 Å². The number of fused-ring (bicyclic) bond motifs is 19. The fraction of sp³-hybridized carbons (Fsp3) is 0.0156. The van der Waals surface area contributed by atoms with Gasteiger partial charge < -0.3 is 0 Å². The lowest BCUT2D eigenvalue weighted by Gasteiger charge is -2.25. The van der Waals surface area contributed by atoms with Crippen LogP contribution in [0.4, 0.5) is 0 Å². The third kappa shape index (κ3) is 5.88. The second-order valence-electron chi connectivity index (χ2n) is 17.6. The molecular formula is C64H39N3S. The molecule has 0 aliphatic heterocycles. The minimum atomic E-state index is -2.45. The van der Waals surface area contributed by atoms with Crippen molar-refractivity contribution in [3.8, 4) is 123 Å². The number of hydrogen-bond acceptors (Lipinski definition) is 4. The van der Waals surface area contributed by atoms with Crippen LogP contribution in [0.1, 0.15) is 9.68 Å². The number of hydrogen-bond donors (Lipinski definition) is 0. The van der Waals surface area contributed by atoms with Gasteiger partial charge in [0.15, 0.2) is 0 Å². The molecule has 4 heteroatoms. The molecule has 68 heavy (non-hydrogen) atoms. The van der Waals surface area contributed by atoms with E-state index < -0.39 is 6.85 Å². The van der Waals surface area contributed by atoms with Gasteiger partial charge in [0.05, 0.1) is 5.69 Å². The average Bonchev–Trinajstić information content (AvgIpc) is 3.81. The van der Waals surface area contributed by atoms with Gasteiger partial charge in [-0.1, -0.05) is 176 Å². The minimum absolute atomic E-state index is 0.321. The van der Waals surface area contributed by atoms with Crippen LogP contribution in [0, 0.1) is 6.85 Å². The summed E-state index contributed by atoms with van der Waals surface area (Å²) in [6.07, 6.45) is 5.37. The average molecular weight is 885 g/mol. The summed E-state index contributed by atoms with van der Waals surface area (Å²) >= 11 is 1.68. The maximum absolute atomic E-state index is 9.24. The van der Waals surface area contributed by atoms with E-state index >= 15 is 0 Å². The largest absolute Gasteiger partial charge is 0.256 e. The van der Waals surface area contributed by atoms with Crippen LogP contribution in [0.5, 0.6) is 0 Å². The van der Waals surface area contributed by atoms with Crippen LogP contribution in [0.15, 0.2) is 219 Å². The molecule has 12 aromatic rings. The Morgan fingerprint density at radius 2 is 0.735 bits per heavy atom. The van der Waals surface area contributed by atoms with E-state index in [0.717, 1.165) is 132 Å². The predicted octanol–water partition coefficient (Wildman–Crippen LogP) is 17.5. The quantitative estimate of drug-likeness (QED) is 0.177. The summed E-state index contributed by atoms with van der Waals surface area (Å²) in [6.45, 7) is -2.45. The number of thiophene rings is 1. The summed E-state index contributed by atoms with van der Waals surface area (Å²) in [4.78, 5) is 15.2. The third-order valence-electron chi connectivity index (χ3n) is 14.0. The summed E-state index contributed by atoms with van der Waals surface area (Å²) in [5.74, 6) is 0. The molecule has 0 spiro atoms. The van der Waals surface area contributed by atoms with Crippen LogP contribution >= 0.6 is 11.3 Å². The standard InChI is InChI=1S/C64H39N3S/c1-38-42(21-10-22-43(38)40-27-31-54-56-25-12-32-65-61(56)55-20-9-8-16-48(55)47-15-4-7-19-51(47)60(54)36-40)39-26-29-52-53-30-28-41(44-23-11-24-57-62-64(68-63(44)57)67-34-33-66-62)37-59(53)50-18-6-3-14-46(50)45-13-2-5-17-49(45)58(52)35-39/h2-37H,1H3/i1D3. The Labute approximate surface area is 402 Å². The molecule has 0 saturated heterocycles. The van der Waals surface area contributed by atoms with Crippen molar-refractivity contribution in [2.75, 3.05) is 0 Å². The van der Waals surface area contributed by atoms with Crippen molar-refractivity contribution in [1.82, 2.24) is 15.0 Å². The Hall–Kier alpha value is -8.57. The van der Waals surface area contributed by atoms with E-state index in [1.165, 1.54) is 0 Å². The Bertz CT molecular complexity index is 4180. The van der Waals surface area contributed by atoms with Gasteiger partial charge in [-0.2, -0.15) is 0 Å². The van der Waals surface area contributed by atoms with Gasteiger partial charge in [-0.25, -0.2) is 4.98 Å². The molecule has 14 rings (SSSR count). The minimum Gasteiger partial charge on any atom is -0.256 e. The van der Waals surface area contributed by atoms with Crippen molar-refractivity contribution in [2.24, 2.45) is 0 Å². The summed E-state index contributed by atoms with van der Waals surface area (Å²) < 4.78 is 28.9. The highest BCUT2D eigenvalue weighted by Crippen LogP contribution is 2.52. The Morgan fingerprint density at radius 3 is 1.29 bits per heavy atom. The van der Waals surface area contributed by atoms with Crippen molar-refractivity contribution in [3.63, 3.8) is 0 Å². The van der Waals surface area contributed by atoms with Gasteiger partial charge in [-0.05, 0) is 142 Å². The summed E-state index contributed by atoms with van der Waals surface area (Å²) in [7, 11) is 0. The molecule has 3 heterocycles. The van der Waals surface area contributed by atoms with Crippen molar-refractivity contribution < 1.29 is 4.11 Å². The van der Waals surface area contributed by atoms with Gasteiger partial charge in [0.2, 0.25) is 0 Å². The molecule has 0 bridgehead atoms. The van der Waals surface area contributed by atoms with E-state index in [-0.39, 0.29) is 0 Å². The lowest BCUT2D eigenvalue weighted by molar-refractivity contribution is 1.32. The molecule has 3 aromatic heterocycles. The molecule has 0 unspecified atom stereocenters. The Kier molecular flexibility index (Phi) is 8.00. The van der Waals surface area contributed by atoms with Gasteiger partial charge in [0, 0.05) is 43.9 Å². The van der Waals surface area contributed by atoms with Crippen LogP contribution in [0.25, 0.3) is 143 Å². The van der Waals surface area contributed by atoms with Crippen LogP contribution < -0.4 is 0 Å². The molecule has 3 nitrogen and oxygen atoms in total. The van der Waals surface area contributed by atoms with Crippen LogP contribution in [0.3, 0.4) is 0 Å². The molecule has 0 N–H and O–H groups in total. The predicted molar refractivity (Wildman–Crippen MR) is 284 cm³/mol. The van der Waals surface area contributed by atoms with Crippen molar-refractivity contribution >= 4 is 31.8 Å². The monoisotopic (exact) mass is 884 g/mol. The first kappa shape index (κ1) is 35.7. The van der Waals surface area contributed by atoms with Crippen LogP contribution in [0.2, 0.25) is 0 Å². The van der Waals surface area contributed by atoms with E-state index in [4.69, 9.17) is 9.97 Å². The van der Waals surface area contributed by atoms with Gasteiger partial charge in [0.1, 0.15) is 10.3 Å². The maximum Gasteiger partial charge on any atom is 0.143 e. The molecule has 2 aliphatic rings. The molecule has 0 atom stereocenters. The van der Waals surface area contributed by atoms with Gasteiger partial charge in [-0.3, -0.25) is 9.97 Å². The highest BCUT2D eigenvalue weighted by Gasteiger charge is 2.26. The van der Waals surface area contributed by atoms with Gasteiger partial charge >= 0.3 is 0 Å². The second kappa shape index (κ2) is 15.2. The summed E-state index contributed by atoms with van der Waals surface area (Å²) in [5.41, 5.74) is 23.8. The zero-order chi connectivity index (χ0) is 47.4. The van der Waals surface area contributed by atoms with Gasteiger partial charge in [-0.15, -0.1) is 11.3 Å². The first-order valence-electron chi connectivity index (χ1n) is 24.4. The number of aromatic nitrogens is 3. The Morgan fingerprint density at radius 1 is 0.324 bits per heavy atom. The lowest BCUT2D eigenvalue weighted by atomic mass is 9.79. The highest BCUT2D eigenvalue weighted by molar-refractivity contribution is 7.25. The first-order valence-corrected chi connectivity index (χ1v) is 23.7. The van der Waals surface area contributed by atoms with E-state index in [1.54, 1.807) is 23.7 Å². The zero-order valence-corrected chi connectivity index (χ0v) is 37.4. The maximum atomic E-state index is 9.24. The Balaban J connectivity index is 0.960. The molecule has 0 radical (unpaired) electrons. The number of pyridine rings is 1. The highest BCUT2D eigenvalue weighted by atomic mass is 32.1. The van der Waals surface area contributed by atoms with E-state index in [2.05, 4.69) is 181 Å². The van der Waals surface area contributed by atoms with Crippen molar-refractivity contribution in [3.05, 3.63) is 224 Å². The normalized spacial score (nSPS) is 12.7. The zero-order valence-electron chi connectivity index (χ0n) is 39.5. The molecule has 2 aliphatic carbocycles. The van der Waals surface area contributed by atoms with Crippen molar-refractivity contribution in [2.45, 2.75) is 6.85 Å². The third-order valence-corrected chi connectivity index (χ3v) is 15.1. The smallest absolute Gasteiger partial charge is 0.143 e. The fourth-order valence-corrected chi connectivity index (χ4v) is 12.0.